The number of ketones is 1. The number of aliphatic hydroxyl groups excluding tert-OH is 1. The van der Waals surface area contributed by atoms with Crippen LogP contribution in [0, 0.1) is 23.7 Å². The minimum atomic E-state index is -1.23. The summed E-state index contributed by atoms with van der Waals surface area (Å²) in [5, 5.41) is 13.1. The van der Waals surface area contributed by atoms with Crippen molar-refractivity contribution in [3.8, 4) is 0 Å². The van der Waals surface area contributed by atoms with Crippen molar-refractivity contribution < 1.29 is 38.6 Å². The van der Waals surface area contributed by atoms with Crippen molar-refractivity contribution in [3.05, 3.63) is 35.9 Å². The third-order valence-electron chi connectivity index (χ3n) is 8.44. The topological polar surface area (TPSA) is 165 Å². The maximum atomic E-state index is 13.7. The summed E-state index contributed by atoms with van der Waals surface area (Å²) in [6.07, 6.45) is -0.648. The summed E-state index contributed by atoms with van der Waals surface area (Å²) in [7, 11) is 0. The normalized spacial score (nSPS) is 18.9. The maximum Gasteiger partial charge on any atom is 0.329 e. The number of hydrogen-bond donors (Lipinski definition) is 3. The molecule has 1 fully saturated rings. The van der Waals surface area contributed by atoms with E-state index in [9.17, 15) is 29.1 Å². The fraction of sp³-hybridized carbons (Fsp3) is 0.676. The Morgan fingerprint density at radius 2 is 1.69 bits per heavy atom. The lowest BCUT2D eigenvalue weighted by molar-refractivity contribution is -0.162. The molecule has 7 atom stereocenters. The molecule has 0 bridgehead atoms. The van der Waals surface area contributed by atoms with Crippen LogP contribution in [0.15, 0.2) is 30.3 Å². The highest BCUT2D eigenvalue weighted by Crippen LogP contribution is 2.23. The molecular formula is C34H53N3O8. The van der Waals surface area contributed by atoms with Crippen LogP contribution in [0.5, 0.6) is 0 Å². The molecule has 252 valence electrons. The van der Waals surface area contributed by atoms with Crippen LogP contribution in [-0.2, 0) is 40.1 Å². The Hall–Kier alpha value is -3.31. The molecule has 1 aliphatic rings. The van der Waals surface area contributed by atoms with Gasteiger partial charge in [-0.05, 0) is 49.5 Å². The summed E-state index contributed by atoms with van der Waals surface area (Å²) in [4.78, 5) is 67.6. The number of nitrogens with zero attached hydrogens (tertiary/aromatic N) is 1. The predicted octanol–water partition coefficient (Wildman–Crippen LogP) is 3.15. The van der Waals surface area contributed by atoms with E-state index >= 15 is 0 Å². The molecule has 1 aliphatic heterocycles. The zero-order valence-electron chi connectivity index (χ0n) is 27.9. The summed E-state index contributed by atoms with van der Waals surface area (Å²) in [6.45, 7) is 12.9. The number of benzene rings is 1. The van der Waals surface area contributed by atoms with E-state index in [0.29, 0.717) is 25.8 Å². The monoisotopic (exact) mass is 631 g/mol. The number of esters is 2. The number of hydrogen-bond acceptors (Lipinski definition) is 9. The van der Waals surface area contributed by atoms with Crippen LogP contribution in [0.25, 0.3) is 0 Å². The number of Topliss-reactive ketones (excluding diaryl/α,β-unsaturated/α-hetero) is 1. The highest BCUT2D eigenvalue weighted by molar-refractivity contribution is 6.05. The van der Waals surface area contributed by atoms with Gasteiger partial charge in [-0.15, -0.1) is 0 Å². The van der Waals surface area contributed by atoms with Crippen LogP contribution in [0.3, 0.4) is 0 Å². The standard InChI is InChI=1S/C34H53N3O8/c1-8-22(6)29(35)27(38)18-28(39)45-31(21(4)5)30(40)23(7)32(41)36-25(17-20(2)3)33(42)37-16-12-15-26(37)34(43)44-19-24-13-10-9-11-14-24/h9-11,13-14,20-23,25-27,29,31,38H,8,12,15-19,35H2,1-7H3,(H,36,41)/t22-,23-,25-,26-,27-,29+,31-/m0/s1. The van der Waals surface area contributed by atoms with Crippen LogP contribution in [0.2, 0.25) is 0 Å². The number of aliphatic hydroxyl groups is 1. The molecule has 4 N–H and O–H groups in total. The van der Waals surface area contributed by atoms with Gasteiger partial charge in [0, 0.05) is 12.6 Å². The maximum absolute atomic E-state index is 13.7. The van der Waals surface area contributed by atoms with Crippen molar-refractivity contribution in [3.63, 3.8) is 0 Å². The lowest BCUT2D eigenvalue weighted by Crippen LogP contribution is -2.54. The highest BCUT2D eigenvalue weighted by Gasteiger charge is 2.40. The molecule has 11 heteroatoms. The van der Waals surface area contributed by atoms with E-state index < -0.39 is 71.7 Å². The van der Waals surface area contributed by atoms with E-state index in [-0.39, 0.29) is 24.9 Å². The van der Waals surface area contributed by atoms with Gasteiger partial charge in [0.25, 0.3) is 0 Å². The number of rotatable bonds is 17. The van der Waals surface area contributed by atoms with Crippen LogP contribution < -0.4 is 11.1 Å². The molecule has 1 aromatic carbocycles. The molecule has 11 nitrogen and oxygen atoms in total. The minimum absolute atomic E-state index is 0.0173. The van der Waals surface area contributed by atoms with Crippen molar-refractivity contribution in [1.29, 1.82) is 0 Å². The second-order valence-corrected chi connectivity index (χ2v) is 13.0. The first-order chi connectivity index (χ1) is 21.2. The number of amides is 2. The second kappa shape index (κ2) is 18.0. The average Bonchev–Trinajstić information content (AvgIpc) is 3.50. The van der Waals surface area contributed by atoms with Crippen LogP contribution in [-0.4, -0.2) is 76.4 Å². The summed E-state index contributed by atoms with van der Waals surface area (Å²) in [6, 6.07) is 6.90. The molecule has 1 saturated heterocycles. The molecular weight excluding hydrogens is 578 g/mol. The van der Waals surface area contributed by atoms with Gasteiger partial charge < -0.3 is 30.5 Å². The van der Waals surface area contributed by atoms with Crippen molar-refractivity contribution in [1.82, 2.24) is 10.2 Å². The number of carbonyl (C=O) groups is 5. The first-order valence-electron chi connectivity index (χ1n) is 16.2. The van der Waals surface area contributed by atoms with Gasteiger partial charge in [-0.1, -0.05) is 78.3 Å². The number of nitrogens with one attached hydrogen (secondary N) is 1. The molecule has 2 amide bonds. The van der Waals surface area contributed by atoms with Gasteiger partial charge >= 0.3 is 11.9 Å². The Kier molecular flexibility index (Phi) is 15.1. The number of ether oxygens (including phenoxy) is 2. The van der Waals surface area contributed by atoms with Crippen LogP contribution in [0.4, 0.5) is 0 Å². The van der Waals surface area contributed by atoms with Crippen LogP contribution in [0.1, 0.15) is 86.1 Å². The third kappa shape index (κ3) is 11.2. The Bertz CT molecular complexity index is 1140. The van der Waals surface area contributed by atoms with E-state index in [1.54, 1.807) is 13.8 Å². The zero-order valence-corrected chi connectivity index (χ0v) is 27.9. The first-order valence-corrected chi connectivity index (χ1v) is 16.2. The highest BCUT2D eigenvalue weighted by atomic mass is 16.5. The van der Waals surface area contributed by atoms with E-state index in [4.69, 9.17) is 15.2 Å². The van der Waals surface area contributed by atoms with Gasteiger partial charge in [-0.25, -0.2) is 4.79 Å². The zero-order chi connectivity index (χ0) is 33.8. The van der Waals surface area contributed by atoms with Crippen molar-refractivity contribution in [2.45, 2.75) is 118 Å². The van der Waals surface area contributed by atoms with Gasteiger partial charge in [0.05, 0.1) is 18.4 Å². The van der Waals surface area contributed by atoms with Crippen molar-refractivity contribution in [2.75, 3.05) is 6.54 Å². The van der Waals surface area contributed by atoms with Crippen molar-refractivity contribution >= 4 is 29.5 Å². The lowest BCUT2D eigenvalue weighted by atomic mass is 9.92. The van der Waals surface area contributed by atoms with E-state index in [0.717, 1.165) is 12.0 Å². The predicted molar refractivity (Wildman–Crippen MR) is 169 cm³/mol. The fourth-order valence-corrected chi connectivity index (χ4v) is 5.34. The van der Waals surface area contributed by atoms with Gasteiger partial charge in [0.15, 0.2) is 11.9 Å². The summed E-state index contributed by atoms with van der Waals surface area (Å²) < 4.78 is 11.0. The van der Waals surface area contributed by atoms with E-state index in [1.807, 2.05) is 58.0 Å². The van der Waals surface area contributed by atoms with Gasteiger partial charge in [-0.2, -0.15) is 0 Å². The Morgan fingerprint density at radius 3 is 2.27 bits per heavy atom. The molecule has 0 unspecified atom stereocenters. The molecule has 1 heterocycles. The average molecular weight is 632 g/mol. The number of nitrogens with two attached hydrogens (primary N) is 1. The number of carbonyl (C=O) groups excluding carboxylic acids is 5. The molecule has 1 aromatic rings. The Balaban J connectivity index is 2.09. The molecule has 45 heavy (non-hydrogen) atoms. The molecule has 0 radical (unpaired) electrons. The Morgan fingerprint density at radius 1 is 1.04 bits per heavy atom. The molecule has 0 aromatic heterocycles. The fourth-order valence-electron chi connectivity index (χ4n) is 5.34. The summed E-state index contributed by atoms with van der Waals surface area (Å²) in [5.74, 6) is -4.66. The molecule has 0 saturated carbocycles. The van der Waals surface area contributed by atoms with E-state index in [2.05, 4.69) is 5.32 Å². The van der Waals surface area contributed by atoms with Gasteiger partial charge in [-0.3, -0.25) is 19.2 Å². The minimum Gasteiger partial charge on any atom is -0.459 e. The molecule has 0 aliphatic carbocycles. The quantitative estimate of drug-likeness (QED) is 0.173. The lowest BCUT2D eigenvalue weighted by Gasteiger charge is -2.30. The molecule has 0 spiro atoms. The summed E-state index contributed by atoms with van der Waals surface area (Å²) in [5.41, 5.74) is 6.87. The number of likely N-dealkylation sites (tertiary alicyclic amines) is 1. The summed E-state index contributed by atoms with van der Waals surface area (Å²) >= 11 is 0. The van der Waals surface area contributed by atoms with Gasteiger partial charge in [0.2, 0.25) is 11.8 Å². The molecule has 2 rings (SSSR count). The second-order valence-electron chi connectivity index (χ2n) is 13.0. The van der Waals surface area contributed by atoms with E-state index in [1.165, 1.54) is 11.8 Å². The van der Waals surface area contributed by atoms with Gasteiger partial charge in [0.1, 0.15) is 18.7 Å². The van der Waals surface area contributed by atoms with Crippen molar-refractivity contribution in [2.24, 2.45) is 29.4 Å². The first kappa shape index (κ1) is 37.9. The smallest absolute Gasteiger partial charge is 0.329 e. The third-order valence-corrected chi connectivity index (χ3v) is 8.44. The Labute approximate surface area is 267 Å². The SMILES string of the molecule is CC[C@H](C)[C@@H](N)[C@@H](O)CC(=O)O[C@H](C(=O)[C@H](C)C(=O)N[C@@H](CC(C)C)C(=O)N1CCC[C@H]1C(=O)OCc1ccccc1)C(C)C. The van der Waals surface area contributed by atoms with Crippen LogP contribution >= 0.6 is 0 Å². The largest absolute Gasteiger partial charge is 0.459 e.